The predicted octanol–water partition coefficient (Wildman–Crippen LogP) is 0.526. The van der Waals surface area contributed by atoms with Gasteiger partial charge in [0.1, 0.15) is 5.02 Å². The molecule has 0 spiro atoms. The molecule has 0 saturated heterocycles. The van der Waals surface area contributed by atoms with Crippen molar-refractivity contribution in [1.82, 2.24) is 15.6 Å². The topological polar surface area (TPSA) is 69.8 Å². The van der Waals surface area contributed by atoms with Crippen molar-refractivity contribution < 1.29 is 4.79 Å². The molecule has 11 heavy (non-hydrogen) atoms. The van der Waals surface area contributed by atoms with E-state index in [1.165, 1.54) is 13.1 Å². The molecule has 1 aromatic rings. The average molecular weight is 175 g/mol. The Bertz CT molecular complexity index is 259. The molecule has 0 aliphatic heterocycles. The van der Waals surface area contributed by atoms with E-state index in [0.717, 1.165) is 0 Å². The molecule has 0 aliphatic carbocycles. The zero-order chi connectivity index (χ0) is 8.27. The van der Waals surface area contributed by atoms with Gasteiger partial charge in [-0.2, -0.15) is 5.10 Å². The minimum atomic E-state index is -0.198. The molecule has 3 N–H and O–H groups in total. The third kappa shape index (κ3) is 2.12. The number of aromatic nitrogens is 2. The van der Waals surface area contributed by atoms with Crippen LogP contribution in [-0.2, 0) is 4.79 Å². The molecule has 0 atom stereocenters. The van der Waals surface area contributed by atoms with Crippen molar-refractivity contribution in [3.63, 3.8) is 0 Å². The van der Waals surface area contributed by atoms with Crippen LogP contribution in [0.2, 0.25) is 5.02 Å². The lowest BCUT2D eigenvalue weighted by Crippen LogP contribution is -2.26. The second-order valence-electron chi connectivity index (χ2n) is 1.90. The number of hydrogen-bond acceptors (Lipinski definition) is 3. The van der Waals surface area contributed by atoms with Crippen molar-refractivity contribution in [2.75, 3.05) is 5.43 Å². The number of H-pyrrole nitrogens is 1. The molecule has 1 rings (SSSR count). The average Bonchev–Trinajstić information content (AvgIpc) is 2.31. The molecule has 0 unspecified atom stereocenters. The maximum absolute atomic E-state index is 10.4. The quantitative estimate of drug-likeness (QED) is 0.573. The van der Waals surface area contributed by atoms with Gasteiger partial charge in [0, 0.05) is 6.92 Å². The lowest BCUT2D eigenvalue weighted by molar-refractivity contribution is -0.118. The molecular weight excluding hydrogens is 168 g/mol. The minimum absolute atomic E-state index is 0.198. The van der Waals surface area contributed by atoms with Gasteiger partial charge in [-0.15, -0.1) is 0 Å². The van der Waals surface area contributed by atoms with Crippen molar-refractivity contribution in [3.05, 3.63) is 11.2 Å². The number of carbonyl (C=O) groups is 1. The first-order chi connectivity index (χ1) is 5.20. The summed E-state index contributed by atoms with van der Waals surface area (Å²) < 4.78 is 0. The summed E-state index contributed by atoms with van der Waals surface area (Å²) in [7, 11) is 0. The largest absolute Gasteiger partial charge is 0.281 e. The Morgan fingerprint density at radius 2 is 2.55 bits per heavy atom. The summed E-state index contributed by atoms with van der Waals surface area (Å²) in [5.41, 5.74) is 4.89. The third-order valence-electron chi connectivity index (χ3n) is 0.957. The fourth-order valence-corrected chi connectivity index (χ4v) is 0.648. The van der Waals surface area contributed by atoms with Gasteiger partial charge in [-0.1, -0.05) is 11.6 Å². The van der Waals surface area contributed by atoms with Crippen molar-refractivity contribution in [2.45, 2.75) is 6.92 Å². The molecule has 5 nitrogen and oxygen atoms in total. The van der Waals surface area contributed by atoms with E-state index in [0.29, 0.717) is 10.8 Å². The standard InChI is InChI=1S/C5H7ClN4O/c1-3(11)8-10-5-4(6)2-7-9-5/h2H,1H3,(H,8,11)(H2,7,9,10). The van der Waals surface area contributed by atoms with E-state index in [1.807, 2.05) is 0 Å². The van der Waals surface area contributed by atoms with Crippen molar-refractivity contribution >= 4 is 23.3 Å². The van der Waals surface area contributed by atoms with Crippen LogP contribution in [0.3, 0.4) is 0 Å². The normalized spacial score (nSPS) is 9.27. The number of anilines is 1. The monoisotopic (exact) mass is 174 g/mol. The summed E-state index contributed by atoms with van der Waals surface area (Å²) in [5.74, 6) is 0.275. The highest BCUT2D eigenvalue weighted by Crippen LogP contribution is 2.15. The lowest BCUT2D eigenvalue weighted by Gasteiger charge is -2.02. The van der Waals surface area contributed by atoms with Crippen LogP contribution in [0.15, 0.2) is 6.20 Å². The number of nitrogens with zero attached hydrogens (tertiary/aromatic N) is 1. The Balaban J connectivity index is 2.51. The first-order valence-corrected chi connectivity index (χ1v) is 3.29. The summed E-state index contributed by atoms with van der Waals surface area (Å²) >= 11 is 5.62. The minimum Gasteiger partial charge on any atom is -0.281 e. The molecule has 0 bridgehead atoms. The number of carbonyl (C=O) groups excluding carboxylic acids is 1. The Labute approximate surface area is 68.1 Å². The second-order valence-corrected chi connectivity index (χ2v) is 2.31. The van der Waals surface area contributed by atoms with Crippen LogP contribution >= 0.6 is 11.6 Å². The third-order valence-corrected chi connectivity index (χ3v) is 1.24. The van der Waals surface area contributed by atoms with Gasteiger partial charge in [-0.25, -0.2) is 0 Å². The van der Waals surface area contributed by atoms with Gasteiger partial charge >= 0.3 is 0 Å². The number of hydrogen-bond donors (Lipinski definition) is 3. The zero-order valence-electron chi connectivity index (χ0n) is 5.81. The second kappa shape index (κ2) is 3.25. The van der Waals surface area contributed by atoms with Gasteiger partial charge in [-0.3, -0.25) is 20.7 Å². The molecule has 60 valence electrons. The molecule has 0 fully saturated rings. The number of amides is 1. The Morgan fingerprint density at radius 1 is 1.82 bits per heavy atom. The summed E-state index contributed by atoms with van der Waals surface area (Å²) in [4.78, 5) is 10.4. The van der Waals surface area contributed by atoms with Crippen molar-refractivity contribution in [1.29, 1.82) is 0 Å². The van der Waals surface area contributed by atoms with Gasteiger partial charge in [0.15, 0.2) is 5.82 Å². The number of rotatable bonds is 2. The first-order valence-electron chi connectivity index (χ1n) is 2.91. The summed E-state index contributed by atoms with van der Waals surface area (Å²) in [5, 5.41) is 6.61. The van der Waals surface area contributed by atoms with E-state index in [4.69, 9.17) is 11.6 Å². The molecular formula is C5H7ClN4O. The van der Waals surface area contributed by atoms with Crippen LogP contribution in [0.25, 0.3) is 0 Å². The number of aromatic amines is 1. The van der Waals surface area contributed by atoms with Crippen LogP contribution in [-0.4, -0.2) is 16.1 Å². The molecule has 1 heterocycles. The van der Waals surface area contributed by atoms with Crippen LogP contribution in [0.5, 0.6) is 0 Å². The van der Waals surface area contributed by atoms with Crippen LogP contribution in [0.1, 0.15) is 6.92 Å². The van der Waals surface area contributed by atoms with E-state index in [9.17, 15) is 4.79 Å². The molecule has 0 saturated carbocycles. The van der Waals surface area contributed by atoms with Gasteiger partial charge < -0.3 is 0 Å². The van der Waals surface area contributed by atoms with E-state index < -0.39 is 0 Å². The Kier molecular flexibility index (Phi) is 2.32. The Morgan fingerprint density at radius 3 is 3.00 bits per heavy atom. The predicted molar refractivity (Wildman–Crippen MR) is 41.0 cm³/mol. The van der Waals surface area contributed by atoms with E-state index >= 15 is 0 Å². The highest BCUT2D eigenvalue weighted by atomic mass is 35.5. The van der Waals surface area contributed by atoms with Crippen LogP contribution in [0, 0.1) is 0 Å². The van der Waals surface area contributed by atoms with E-state index in [2.05, 4.69) is 21.0 Å². The maximum atomic E-state index is 10.4. The summed E-state index contributed by atoms with van der Waals surface area (Å²) in [6.07, 6.45) is 1.44. The van der Waals surface area contributed by atoms with Crippen LogP contribution < -0.4 is 10.9 Å². The van der Waals surface area contributed by atoms with Crippen molar-refractivity contribution in [2.24, 2.45) is 0 Å². The molecule has 0 radical (unpaired) electrons. The molecule has 0 aromatic carbocycles. The lowest BCUT2D eigenvalue weighted by atomic mass is 10.6. The molecule has 6 heteroatoms. The van der Waals surface area contributed by atoms with Gasteiger partial charge in [0.25, 0.3) is 0 Å². The summed E-state index contributed by atoms with van der Waals surface area (Å²) in [6.45, 7) is 1.39. The number of hydrazine groups is 1. The molecule has 1 amide bonds. The SMILES string of the molecule is CC(=O)NNc1[nH]ncc1Cl. The van der Waals surface area contributed by atoms with Gasteiger partial charge in [0.2, 0.25) is 5.91 Å². The molecule has 0 aliphatic rings. The maximum Gasteiger partial charge on any atom is 0.235 e. The number of nitrogens with one attached hydrogen (secondary N) is 3. The number of halogens is 1. The highest BCUT2D eigenvalue weighted by molar-refractivity contribution is 6.32. The fraction of sp³-hybridized carbons (Fsp3) is 0.200. The highest BCUT2D eigenvalue weighted by Gasteiger charge is 1.99. The van der Waals surface area contributed by atoms with Gasteiger partial charge in [0.05, 0.1) is 6.20 Å². The van der Waals surface area contributed by atoms with E-state index in [1.54, 1.807) is 0 Å². The van der Waals surface area contributed by atoms with E-state index in [-0.39, 0.29) is 5.91 Å². The fourth-order valence-electron chi connectivity index (χ4n) is 0.510. The first kappa shape index (κ1) is 7.87. The van der Waals surface area contributed by atoms with Gasteiger partial charge in [-0.05, 0) is 0 Å². The molecule has 1 aromatic heterocycles. The Hall–Kier alpha value is -1.23. The van der Waals surface area contributed by atoms with Crippen molar-refractivity contribution in [3.8, 4) is 0 Å². The summed E-state index contributed by atoms with van der Waals surface area (Å²) in [6, 6.07) is 0. The zero-order valence-corrected chi connectivity index (χ0v) is 6.57. The van der Waals surface area contributed by atoms with Crippen LogP contribution in [0.4, 0.5) is 5.82 Å². The smallest absolute Gasteiger partial charge is 0.235 e.